The fourth-order valence-corrected chi connectivity index (χ4v) is 2.33. The zero-order valence-electron chi connectivity index (χ0n) is 11.9. The first-order valence-corrected chi connectivity index (χ1v) is 6.76. The molecule has 1 aliphatic rings. The highest BCUT2D eigenvalue weighted by atomic mass is 16.7. The van der Waals surface area contributed by atoms with E-state index in [4.69, 9.17) is 14.2 Å². The molecule has 0 spiro atoms. The molecule has 0 aliphatic carbocycles. The zero-order chi connectivity index (χ0) is 14.4. The fourth-order valence-electron chi connectivity index (χ4n) is 2.33. The molecule has 1 heterocycles. The molecule has 1 fully saturated rings. The Hall–Kier alpha value is -1.43. The van der Waals surface area contributed by atoms with Gasteiger partial charge >= 0.3 is 0 Å². The van der Waals surface area contributed by atoms with Gasteiger partial charge in [0.25, 0.3) is 0 Å². The molecule has 20 heavy (non-hydrogen) atoms. The molecule has 0 aromatic heterocycles. The number of benzene rings is 1. The van der Waals surface area contributed by atoms with Gasteiger partial charge in [0.2, 0.25) is 5.91 Å². The molecule has 1 saturated heterocycles. The smallest absolute Gasteiger partial charge is 0.217 e. The zero-order valence-corrected chi connectivity index (χ0v) is 11.9. The topological polar surface area (TPSA) is 56.8 Å². The van der Waals surface area contributed by atoms with Crippen LogP contribution in [0.25, 0.3) is 0 Å². The first-order chi connectivity index (χ1) is 9.69. The monoisotopic (exact) mass is 279 g/mol. The van der Waals surface area contributed by atoms with Gasteiger partial charge in [-0.05, 0) is 5.56 Å². The van der Waals surface area contributed by atoms with Gasteiger partial charge < -0.3 is 19.5 Å². The highest BCUT2D eigenvalue weighted by Crippen LogP contribution is 2.21. The SMILES string of the molecule is CO[C@@H]1O[C@H](COCc2ccccc2)C[C@@H]1NC(C)=O. The van der Waals surface area contributed by atoms with E-state index in [1.165, 1.54) is 6.92 Å². The molecule has 0 unspecified atom stereocenters. The number of carbonyl (C=O) groups excluding carboxylic acids is 1. The molecule has 3 atom stereocenters. The van der Waals surface area contributed by atoms with Crippen LogP contribution >= 0.6 is 0 Å². The van der Waals surface area contributed by atoms with E-state index >= 15 is 0 Å². The normalized spacial score (nSPS) is 25.6. The highest BCUT2D eigenvalue weighted by Gasteiger charge is 2.35. The van der Waals surface area contributed by atoms with Gasteiger partial charge in [-0.25, -0.2) is 0 Å². The average molecular weight is 279 g/mol. The van der Waals surface area contributed by atoms with Gasteiger partial charge in [-0.1, -0.05) is 30.3 Å². The number of rotatable bonds is 6. The number of amides is 1. The molecular formula is C15H21NO4. The van der Waals surface area contributed by atoms with E-state index in [1.807, 2.05) is 30.3 Å². The lowest BCUT2D eigenvalue weighted by Crippen LogP contribution is -2.40. The first kappa shape index (κ1) is 15.0. The molecule has 0 bridgehead atoms. The van der Waals surface area contributed by atoms with Crippen LogP contribution in [0.1, 0.15) is 18.9 Å². The summed E-state index contributed by atoms with van der Waals surface area (Å²) in [6, 6.07) is 9.88. The lowest BCUT2D eigenvalue weighted by molar-refractivity contribution is -0.141. The minimum absolute atomic E-state index is 0.0551. The first-order valence-electron chi connectivity index (χ1n) is 6.76. The largest absolute Gasteiger partial charge is 0.374 e. The summed E-state index contributed by atoms with van der Waals surface area (Å²) in [6.07, 6.45) is 0.247. The third-order valence-electron chi connectivity index (χ3n) is 3.21. The van der Waals surface area contributed by atoms with Crippen LogP contribution in [0.4, 0.5) is 0 Å². The Morgan fingerprint density at radius 3 is 2.80 bits per heavy atom. The Balaban J connectivity index is 1.75. The molecule has 5 nitrogen and oxygen atoms in total. The number of ether oxygens (including phenoxy) is 3. The Kier molecular flexibility index (Phi) is 5.52. The lowest BCUT2D eigenvalue weighted by Gasteiger charge is -2.16. The summed E-state index contributed by atoms with van der Waals surface area (Å²) < 4.78 is 16.6. The summed E-state index contributed by atoms with van der Waals surface area (Å²) in [5.41, 5.74) is 1.13. The molecule has 1 aromatic carbocycles. The molecule has 110 valence electrons. The second kappa shape index (κ2) is 7.38. The fraction of sp³-hybridized carbons (Fsp3) is 0.533. The summed E-state index contributed by atoms with van der Waals surface area (Å²) in [5.74, 6) is -0.0773. The van der Waals surface area contributed by atoms with Crippen LogP contribution in [0, 0.1) is 0 Å². The van der Waals surface area contributed by atoms with Crippen molar-refractivity contribution in [3.05, 3.63) is 35.9 Å². The van der Waals surface area contributed by atoms with E-state index in [0.717, 1.165) is 5.56 Å². The van der Waals surface area contributed by atoms with Crippen LogP contribution in [0.3, 0.4) is 0 Å². The minimum Gasteiger partial charge on any atom is -0.374 e. The van der Waals surface area contributed by atoms with Gasteiger partial charge in [0.1, 0.15) is 0 Å². The van der Waals surface area contributed by atoms with E-state index in [9.17, 15) is 4.79 Å². The van der Waals surface area contributed by atoms with Crippen LogP contribution in [0.15, 0.2) is 30.3 Å². The number of nitrogens with one attached hydrogen (secondary N) is 1. The third kappa shape index (κ3) is 4.30. The van der Waals surface area contributed by atoms with Gasteiger partial charge in [-0.2, -0.15) is 0 Å². The lowest BCUT2D eigenvalue weighted by atomic mass is 10.1. The maximum atomic E-state index is 11.1. The molecule has 1 aromatic rings. The molecule has 1 aliphatic heterocycles. The highest BCUT2D eigenvalue weighted by molar-refractivity contribution is 5.73. The molecule has 1 N–H and O–H groups in total. The van der Waals surface area contributed by atoms with Crippen LogP contribution in [-0.2, 0) is 25.6 Å². The predicted octanol–water partition coefficient (Wildman–Crippen LogP) is 1.47. The van der Waals surface area contributed by atoms with E-state index in [-0.39, 0.29) is 18.1 Å². The Morgan fingerprint density at radius 2 is 2.15 bits per heavy atom. The van der Waals surface area contributed by atoms with Crippen LogP contribution < -0.4 is 5.32 Å². The van der Waals surface area contributed by atoms with E-state index < -0.39 is 6.29 Å². The Labute approximate surface area is 119 Å². The van der Waals surface area contributed by atoms with Crippen LogP contribution in [0.5, 0.6) is 0 Å². The second-order valence-corrected chi connectivity index (χ2v) is 4.91. The van der Waals surface area contributed by atoms with Gasteiger partial charge in [0, 0.05) is 20.5 Å². The Morgan fingerprint density at radius 1 is 1.40 bits per heavy atom. The van der Waals surface area contributed by atoms with Crippen molar-refractivity contribution >= 4 is 5.91 Å². The maximum Gasteiger partial charge on any atom is 0.217 e. The summed E-state index contributed by atoms with van der Waals surface area (Å²) >= 11 is 0. The van der Waals surface area contributed by atoms with Crippen LogP contribution in [-0.4, -0.2) is 38.1 Å². The quantitative estimate of drug-likeness (QED) is 0.856. The van der Waals surface area contributed by atoms with Crippen molar-refractivity contribution in [3.8, 4) is 0 Å². The number of carbonyl (C=O) groups is 1. The number of hydrogen-bond donors (Lipinski definition) is 1. The van der Waals surface area contributed by atoms with Crippen molar-refractivity contribution < 1.29 is 19.0 Å². The third-order valence-corrected chi connectivity index (χ3v) is 3.21. The Bertz CT molecular complexity index is 423. The van der Waals surface area contributed by atoms with E-state index in [0.29, 0.717) is 19.6 Å². The van der Waals surface area contributed by atoms with Gasteiger partial charge in [-0.3, -0.25) is 4.79 Å². The summed E-state index contributed by atoms with van der Waals surface area (Å²) in [5, 5.41) is 2.84. The standard InChI is InChI=1S/C15H21NO4/c1-11(17)16-14-8-13(20-15(14)18-2)10-19-9-12-6-4-3-5-7-12/h3-7,13-15H,8-10H2,1-2H3,(H,16,17)/t13-,14-,15+/m0/s1. The van der Waals surface area contributed by atoms with Crippen molar-refractivity contribution in [1.82, 2.24) is 5.32 Å². The average Bonchev–Trinajstić information content (AvgIpc) is 2.81. The number of hydrogen-bond acceptors (Lipinski definition) is 4. The maximum absolute atomic E-state index is 11.1. The van der Waals surface area contributed by atoms with E-state index in [2.05, 4.69) is 5.32 Å². The molecular weight excluding hydrogens is 258 g/mol. The molecule has 0 saturated carbocycles. The van der Waals surface area contributed by atoms with Crippen molar-refractivity contribution in [2.24, 2.45) is 0 Å². The second-order valence-electron chi connectivity index (χ2n) is 4.91. The molecule has 5 heteroatoms. The van der Waals surface area contributed by atoms with E-state index in [1.54, 1.807) is 7.11 Å². The van der Waals surface area contributed by atoms with Crippen molar-refractivity contribution in [3.63, 3.8) is 0 Å². The summed E-state index contributed by atoms with van der Waals surface area (Å²) in [4.78, 5) is 11.1. The summed E-state index contributed by atoms with van der Waals surface area (Å²) in [6.45, 7) is 2.54. The summed E-state index contributed by atoms with van der Waals surface area (Å²) in [7, 11) is 1.58. The van der Waals surface area contributed by atoms with Crippen LogP contribution in [0.2, 0.25) is 0 Å². The molecule has 0 radical (unpaired) electrons. The van der Waals surface area contributed by atoms with Crippen molar-refractivity contribution in [2.75, 3.05) is 13.7 Å². The van der Waals surface area contributed by atoms with Gasteiger partial charge in [-0.15, -0.1) is 0 Å². The number of methoxy groups -OCH3 is 1. The van der Waals surface area contributed by atoms with Gasteiger partial charge in [0.05, 0.1) is 25.4 Å². The molecule has 2 rings (SSSR count). The van der Waals surface area contributed by atoms with Crippen molar-refractivity contribution in [2.45, 2.75) is 38.4 Å². The molecule has 1 amide bonds. The predicted molar refractivity (Wildman–Crippen MR) is 74.0 cm³/mol. The minimum atomic E-state index is -0.399. The van der Waals surface area contributed by atoms with Crippen molar-refractivity contribution in [1.29, 1.82) is 0 Å². The van der Waals surface area contributed by atoms with Gasteiger partial charge in [0.15, 0.2) is 6.29 Å².